The van der Waals surface area contributed by atoms with E-state index in [9.17, 15) is 9.50 Å². The Labute approximate surface area is 167 Å². The lowest BCUT2D eigenvalue weighted by Crippen LogP contribution is -2.44. The van der Waals surface area contributed by atoms with E-state index >= 15 is 0 Å². The molecule has 8 heteroatoms. The molecule has 0 bridgehead atoms. The molecule has 4 rings (SSSR count). The van der Waals surface area contributed by atoms with Gasteiger partial charge in [-0.3, -0.25) is 0 Å². The average Bonchev–Trinajstić information content (AvgIpc) is 3.04. The maximum absolute atomic E-state index is 13.6. The summed E-state index contributed by atoms with van der Waals surface area (Å²) in [5, 5.41) is 10.9. The molecular formula is C21H22FN5O2. The zero-order valence-corrected chi connectivity index (χ0v) is 16.3. The number of fused-ring (bicyclic) bond motifs is 1. The number of rotatable bonds is 2. The molecule has 1 aliphatic rings. The van der Waals surface area contributed by atoms with Gasteiger partial charge in [-0.05, 0) is 37.3 Å². The molecule has 2 atom stereocenters. The van der Waals surface area contributed by atoms with Gasteiger partial charge in [0.05, 0.1) is 6.10 Å². The van der Waals surface area contributed by atoms with E-state index < -0.39 is 5.60 Å². The smallest absolute Gasteiger partial charge is 0.209 e. The molecule has 0 saturated heterocycles. The molecular weight excluding hydrogens is 373 g/mol. The Hall–Kier alpha value is -3.02. The van der Waals surface area contributed by atoms with Crippen molar-refractivity contribution in [2.45, 2.75) is 37.4 Å². The molecule has 1 fully saturated rings. The van der Waals surface area contributed by atoms with Gasteiger partial charge < -0.3 is 20.1 Å². The highest BCUT2D eigenvalue weighted by Crippen LogP contribution is 2.30. The van der Waals surface area contributed by atoms with Gasteiger partial charge >= 0.3 is 0 Å². The number of hydrogen-bond donors (Lipinski definition) is 2. The fourth-order valence-electron chi connectivity index (χ4n) is 3.77. The fraction of sp³-hybridized carbons (Fsp3) is 0.381. The van der Waals surface area contributed by atoms with Crippen LogP contribution in [0.15, 0.2) is 24.3 Å². The van der Waals surface area contributed by atoms with E-state index in [1.54, 1.807) is 30.9 Å². The minimum Gasteiger partial charge on any atom is -0.382 e. The average molecular weight is 395 g/mol. The molecule has 2 unspecified atom stereocenters. The predicted octanol–water partition coefficient (Wildman–Crippen LogP) is 2.42. The minimum absolute atomic E-state index is 0.177. The summed E-state index contributed by atoms with van der Waals surface area (Å²) in [5.74, 6) is 6.29. The van der Waals surface area contributed by atoms with Crippen LogP contribution in [0.3, 0.4) is 0 Å². The number of aromatic nitrogens is 4. The first-order valence-corrected chi connectivity index (χ1v) is 9.45. The molecule has 0 aliphatic heterocycles. The van der Waals surface area contributed by atoms with E-state index in [1.807, 2.05) is 0 Å². The summed E-state index contributed by atoms with van der Waals surface area (Å²) >= 11 is 0. The third kappa shape index (κ3) is 3.55. The topological polar surface area (TPSA) is 99.1 Å². The molecule has 3 aromatic rings. The zero-order valence-electron chi connectivity index (χ0n) is 16.3. The van der Waals surface area contributed by atoms with E-state index in [4.69, 9.17) is 10.5 Å². The van der Waals surface area contributed by atoms with Crippen molar-refractivity contribution in [3.05, 3.63) is 35.9 Å². The van der Waals surface area contributed by atoms with Crippen LogP contribution in [0.25, 0.3) is 22.6 Å². The standard InChI is InChI=1S/C21H22FN5O2/c1-27-19(13-6-5-7-14(22)12-13)26-17-18(23)24-16(25-20(17)27)9-11-21(28)10-4-3-8-15(21)29-2/h5-7,12,15,28H,3-4,8,10H2,1-2H3,(H2,23,24,25). The third-order valence-corrected chi connectivity index (χ3v) is 5.31. The van der Waals surface area contributed by atoms with Crippen LogP contribution in [-0.4, -0.2) is 43.4 Å². The maximum atomic E-state index is 13.6. The molecule has 2 aromatic heterocycles. The molecule has 2 heterocycles. The minimum atomic E-state index is -1.24. The van der Waals surface area contributed by atoms with Gasteiger partial charge in [-0.15, -0.1) is 0 Å². The molecule has 1 aliphatic carbocycles. The number of ether oxygens (including phenoxy) is 1. The maximum Gasteiger partial charge on any atom is 0.209 e. The lowest BCUT2D eigenvalue weighted by Gasteiger charge is -2.34. The van der Waals surface area contributed by atoms with Gasteiger partial charge in [-0.2, -0.15) is 0 Å². The number of methoxy groups -OCH3 is 1. The highest BCUT2D eigenvalue weighted by molar-refractivity contribution is 5.85. The molecule has 0 amide bonds. The quantitative estimate of drug-likeness (QED) is 0.647. The second-order valence-electron chi connectivity index (χ2n) is 7.25. The summed E-state index contributed by atoms with van der Waals surface area (Å²) in [7, 11) is 3.35. The normalized spacial score (nSPS) is 21.7. The van der Waals surface area contributed by atoms with Gasteiger partial charge in [0.25, 0.3) is 0 Å². The van der Waals surface area contributed by atoms with E-state index in [0.29, 0.717) is 29.0 Å². The van der Waals surface area contributed by atoms with Gasteiger partial charge in [0.15, 0.2) is 22.6 Å². The number of halogens is 1. The van der Waals surface area contributed by atoms with Crippen LogP contribution in [0, 0.1) is 17.7 Å². The van der Waals surface area contributed by atoms with Crippen LogP contribution >= 0.6 is 0 Å². The van der Waals surface area contributed by atoms with Crippen molar-refractivity contribution in [2.24, 2.45) is 7.05 Å². The van der Waals surface area contributed by atoms with Crippen LogP contribution in [0.2, 0.25) is 0 Å². The number of aryl methyl sites for hydroxylation is 1. The number of aliphatic hydroxyl groups is 1. The van der Waals surface area contributed by atoms with Gasteiger partial charge in [-0.25, -0.2) is 19.3 Å². The summed E-state index contributed by atoms with van der Waals surface area (Å²) in [4.78, 5) is 13.2. The molecule has 0 spiro atoms. The van der Waals surface area contributed by atoms with E-state index in [1.165, 1.54) is 12.1 Å². The third-order valence-electron chi connectivity index (χ3n) is 5.31. The summed E-state index contributed by atoms with van der Waals surface area (Å²) in [5.41, 5.74) is 6.36. The first kappa shape index (κ1) is 19.3. The van der Waals surface area contributed by atoms with Crippen LogP contribution in [0.4, 0.5) is 10.2 Å². The Kier molecular flexibility index (Phi) is 4.94. The number of nitrogens with zero attached hydrogens (tertiary/aromatic N) is 4. The second kappa shape index (κ2) is 7.43. The Morgan fingerprint density at radius 1 is 1.31 bits per heavy atom. The van der Waals surface area contributed by atoms with Crippen molar-refractivity contribution >= 4 is 17.0 Å². The number of benzene rings is 1. The van der Waals surface area contributed by atoms with Crippen LogP contribution in [0.5, 0.6) is 0 Å². The van der Waals surface area contributed by atoms with Gasteiger partial charge in [0.2, 0.25) is 5.82 Å². The Bertz CT molecular complexity index is 1130. The van der Waals surface area contributed by atoms with Crippen LogP contribution in [-0.2, 0) is 11.8 Å². The summed E-state index contributed by atoms with van der Waals surface area (Å²) < 4.78 is 20.7. The monoisotopic (exact) mass is 395 g/mol. The van der Waals surface area contributed by atoms with Crippen molar-refractivity contribution in [1.29, 1.82) is 0 Å². The summed E-state index contributed by atoms with van der Waals surface area (Å²) in [6, 6.07) is 6.15. The largest absolute Gasteiger partial charge is 0.382 e. The fourth-order valence-corrected chi connectivity index (χ4v) is 3.77. The van der Waals surface area contributed by atoms with E-state index in [0.717, 1.165) is 19.3 Å². The van der Waals surface area contributed by atoms with Gasteiger partial charge in [-0.1, -0.05) is 24.5 Å². The van der Waals surface area contributed by atoms with Crippen LogP contribution in [0.1, 0.15) is 31.5 Å². The molecule has 7 nitrogen and oxygen atoms in total. The number of imidazole rings is 1. The van der Waals surface area contributed by atoms with Gasteiger partial charge in [0, 0.05) is 19.7 Å². The van der Waals surface area contributed by atoms with Crippen molar-refractivity contribution in [3.8, 4) is 23.2 Å². The lowest BCUT2D eigenvalue weighted by atomic mass is 9.82. The van der Waals surface area contributed by atoms with Gasteiger partial charge in [0.1, 0.15) is 11.6 Å². The number of hydrogen-bond acceptors (Lipinski definition) is 6. The number of nitrogen functional groups attached to an aromatic ring is 1. The summed E-state index contributed by atoms with van der Waals surface area (Å²) in [6.45, 7) is 0. The first-order valence-electron chi connectivity index (χ1n) is 9.45. The summed E-state index contributed by atoms with van der Waals surface area (Å²) in [6.07, 6.45) is 2.82. The van der Waals surface area contributed by atoms with Crippen LogP contribution < -0.4 is 5.73 Å². The SMILES string of the molecule is COC1CCCCC1(O)C#Cc1nc(N)c2nc(-c3cccc(F)c3)n(C)c2n1. The number of anilines is 1. The Morgan fingerprint density at radius 3 is 2.90 bits per heavy atom. The Morgan fingerprint density at radius 2 is 2.14 bits per heavy atom. The van der Waals surface area contributed by atoms with E-state index in [-0.39, 0.29) is 23.6 Å². The zero-order chi connectivity index (χ0) is 20.6. The van der Waals surface area contributed by atoms with Crippen molar-refractivity contribution in [1.82, 2.24) is 19.5 Å². The molecule has 1 aromatic carbocycles. The second-order valence-corrected chi connectivity index (χ2v) is 7.25. The predicted molar refractivity (Wildman–Crippen MR) is 107 cm³/mol. The lowest BCUT2D eigenvalue weighted by molar-refractivity contribution is -0.0795. The Balaban J connectivity index is 1.76. The number of nitrogens with two attached hydrogens (primary N) is 1. The van der Waals surface area contributed by atoms with Crippen molar-refractivity contribution < 1.29 is 14.2 Å². The van der Waals surface area contributed by atoms with E-state index in [2.05, 4.69) is 26.8 Å². The highest BCUT2D eigenvalue weighted by Gasteiger charge is 2.37. The first-order chi connectivity index (χ1) is 13.9. The molecule has 3 N–H and O–H groups in total. The van der Waals surface area contributed by atoms with Crippen molar-refractivity contribution in [2.75, 3.05) is 12.8 Å². The van der Waals surface area contributed by atoms with Crippen molar-refractivity contribution in [3.63, 3.8) is 0 Å². The molecule has 150 valence electrons. The molecule has 0 radical (unpaired) electrons. The molecule has 29 heavy (non-hydrogen) atoms. The highest BCUT2D eigenvalue weighted by atomic mass is 19.1. The molecule has 1 saturated carbocycles.